The standard InChI is InChI=1S/C8H9F3O4/c1-2-5(8(9,10)11)15-7(14)4-3-6(12)13/h3-5H,2H2,1H3,(H,12,13). The number of hydrogen-bond acceptors (Lipinski definition) is 3. The van der Waals surface area contributed by atoms with Crippen LogP contribution in [0.15, 0.2) is 12.2 Å². The molecule has 0 heterocycles. The molecule has 0 aromatic heterocycles. The van der Waals surface area contributed by atoms with Crippen molar-refractivity contribution in [2.24, 2.45) is 0 Å². The SMILES string of the molecule is CCC(OC(=O)C=CC(=O)O)C(F)(F)F. The topological polar surface area (TPSA) is 63.6 Å². The van der Waals surface area contributed by atoms with Crippen molar-refractivity contribution in [3.8, 4) is 0 Å². The molecule has 0 saturated heterocycles. The van der Waals surface area contributed by atoms with Crippen LogP contribution in [-0.2, 0) is 14.3 Å². The molecular weight excluding hydrogens is 217 g/mol. The van der Waals surface area contributed by atoms with Crippen molar-refractivity contribution in [2.45, 2.75) is 25.6 Å². The van der Waals surface area contributed by atoms with Gasteiger partial charge in [-0.05, 0) is 6.42 Å². The molecule has 1 N–H and O–H groups in total. The molecule has 0 aromatic rings. The Bertz CT molecular complexity index is 270. The molecule has 0 saturated carbocycles. The Labute approximate surface area is 83.3 Å². The highest BCUT2D eigenvalue weighted by Gasteiger charge is 2.41. The monoisotopic (exact) mass is 226 g/mol. The number of ether oxygens (including phenoxy) is 1. The smallest absolute Gasteiger partial charge is 0.425 e. The highest BCUT2D eigenvalue weighted by molar-refractivity contribution is 5.90. The summed E-state index contributed by atoms with van der Waals surface area (Å²) in [5, 5.41) is 8.10. The number of carbonyl (C=O) groups excluding carboxylic acids is 1. The number of aliphatic carboxylic acids is 1. The average Bonchev–Trinajstić information content (AvgIpc) is 2.08. The van der Waals surface area contributed by atoms with E-state index in [9.17, 15) is 22.8 Å². The molecule has 0 amide bonds. The van der Waals surface area contributed by atoms with Gasteiger partial charge in [0.05, 0.1) is 0 Å². The van der Waals surface area contributed by atoms with E-state index < -0.39 is 30.6 Å². The Kier molecular flexibility index (Phi) is 4.83. The summed E-state index contributed by atoms with van der Waals surface area (Å²) in [4.78, 5) is 20.6. The number of carbonyl (C=O) groups is 2. The minimum atomic E-state index is -4.64. The summed E-state index contributed by atoms with van der Waals surface area (Å²) in [7, 11) is 0. The molecule has 0 aliphatic carbocycles. The van der Waals surface area contributed by atoms with E-state index in [1.807, 2.05) is 0 Å². The van der Waals surface area contributed by atoms with Crippen molar-refractivity contribution < 1.29 is 32.6 Å². The molecule has 0 radical (unpaired) electrons. The average molecular weight is 226 g/mol. The fraction of sp³-hybridized carbons (Fsp3) is 0.500. The van der Waals surface area contributed by atoms with Crippen molar-refractivity contribution in [1.82, 2.24) is 0 Å². The van der Waals surface area contributed by atoms with Gasteiger partial charge in [-0.3, -0.25) is 0 Å². The number of hydrogen-bond donors (Lipinski definition) is 1. The van der Waals surface area contributed by atoms with Crippen LogP contribution in [0, 0.1) is 0 Å². The Morgan fingerprint density at radius 2 is 1.93 bits per heavy atom. The molecule has 86 valence electrons. The number of carboxylic acids is 1. The van der Waals surface area contributed by atoms with Crippen molar-refractivity contribution in [2.75, 3.05) is 0 Å². The first-order valence-electron chi connectivity index (χ1n) is 3.95. The second-order valence-corrected chi connectivity index (χ2v) is 2.55. The number of halogens is 3. The number of esters is 1. The van der Waals surface area contributed by atoms with E-state index in [-0.39, 0.29) is 0 Å². The lowest BCUT2D eigenvalue weighted by molar-refractivity contribution is -0.218. The van der Waals surface area contributed by atoms with E-state index in [0.717, 1.165) is 0 Å². The van der Waals surface area contributed by atoms with Crippen LogP contribution in [0.1, 0.15) is 13.3 Å². The van der Waals surface area contributed by atoms with Gasteiger partial charge in [0.2, 0.25) is 0 Å². The maximum absolute atomic E-state index is 12.1. The van der Waals surface area contributed by atoms with Crippen LogP contribution in [0.5, 0.6) is 0 Å². The third-order valence-electron chi connectivity index (χ3n) is 1.36. The molecule has 1 unspecified atom stereocenters. The maximum atomic E-state index is 12.1. The number of carboxylic acid groups (broad SMARTS) is 1. The van der Waals surface area contributed by atoms with Crippen LogP contribution in [0.2, 0.25) is 0 Å². The van der Waals surface area contributed by atoms with E-state index in [0.29, 0.717) is 12.2 Å². The Morgan fingerprint density at radius 3 is 2.27 bits per heavy atom. The first-order valence-corrected chi connectivity index (χ1v) is 3.95. The number of rotatable bonds is 4. The van der Waals surface area contributed by atoms with Crippen LogP contribution >= 0.6 is 0 Å². The summed E-state index contributed by atoms with van der Waals surface area (Å²) >= 11 is 0. The maximum Gasteiger partial charge on any atom is 0.425 e. The van der Waals surface area contributed by atoms with Gasteiger partial charge < -0.3 is 9.84 Å². The second-order valence-electron chi connectivity index (χ2n) is 2.55. The second kappa shape index (κ2) is 5.38. The van der Waals surface area contributed by atoms with Gasteiger partial charge in [0.25, 0.3) is 0 Å². The van der Waals surface area contributed by atoms with E-state index in [4.69, 9.17) is 5.11 Å². The lowest BCUT2D eigenvalue weighted by Gasteiger charge is -2.17. The Morgan fingerprint density at radius 1 is 1.40 bits per heavy atom. The molecule has 1 atom stereocenters. The highest BCUT2D eigenvalue weighted by Crippen LogP contribution is 2.25. The lowest BCUT2D eigenvalue weighted by atomic mass is 10.3. The first-order chi connectivity index (χ1) is 6.77. The fourth-order valence-electron chi connectivity index (χ4n) is 0.700. The van der Waals surface area contributed by atoms with Crippen LogP contribution in [0.3, 0.4) is 0 Å². The molecular formula is C8H9F3O4. The van der Waals surface area contributed by atoms with Gasteiger partial charge >= 0.3 is 18.1 Å². The van der Waals surface area contributed by atoms with Crippen molar-refractivity contribution in [1.29, 1.82) is 0 Å². The van der Waals surface area contributed by atoms with Gasteiger partial charge in [0, 0.05) is 12.2 Å². The summed E-state index contributed by atoms with van der Waals surface area (Å²) in [6.07, 6.45) is -6.43. The molecule has 0 fully saturated rings. The van der Waals surface area contributed by atoms with Crippen molar-refractivity contribution >= 4 is 11.9 Å². The van der Waals surface area contributed by atoms with Gasteiger partial charge in [-0.15, -0.1) is 0 Å². The molecule has 7 heteroatoms. The van der Waals surface area contributed by atoms with E-state index in [1.54, 1.807) is 0 Å². The van der Waals surface area contributed by atoms with Gasteiger partial charge in [0.1, 0.15) is 0 Å². The lowest BCUT2D eigenvalue weighted by Crippen LogP contribution is -2.32. The van der Waals surface area contributed by atoms with Crippen LogP contribution in [0.4, 0.5) is 13.2 Å². The minimum absolute atomic E-state index is 0.408. The molecule has 0 aliphatic rings. The van der Waals surface area contributed by atoms with Crippen LogP contribution < -0.4 is 0 Å². The van der Waals surface area contributed by atoms with Gasteiger partial charge in [-0.2, -0.15) is 13.2 Å². The Hall–Kier alpha value is -1.53. The summed E-state index contributed by atoms with van der Waals surface area (Å²) in [6, 6.07) is 0. The summed E-state index contributed by atoms with van der Waals surface area (Å²) in [5.41, 5.74) is 0. The third kappa shape index (κ3) is 5.71. The van der Waals surface area contributed by atoms with Crippen LogP contribution in [-0.4, -0.2) is 29.3 Å². The zero-order chi connectivity index (χ0) is 12.1. The molecule has 4 nitrogen and oxygen atoms in total. The van der Waals surface area contributed by atoms with Gasteiger partial charge in [0.15, 0.2) is 6.10 Å². The molecule has 0 aliphatic heterocycles. The predicted molar refractivity (Wildman–Crippen MR) is 43.0 cm³/mol. The third-order valence-corrected chi connectivity index (χ3v) is 1.36. The summed E-state index contributed by atoms with van der Waals surface area (Å²) in [5.74, 6) is -2.77. The normalized spacial score (nSPS) is 13.9. The molecule has 0 bridgehead atoms. The van der Waals surface area contributed by atoms with E-state index >= 15 is 0 Å². The van der Waals surface area contributed by atoms with E-state index in [1.165, 1.54) is 6.92 Å². The summed E-state index contributed by atoms with van der Waals surface area (Å²) < 4.78 is 40.2. The van der Waals surface area contributed by atoms with Gasteiger partial charge in [-0.25, -0.2) is 9.59 Å². The largest absolute Gasteiger partial charge is 0.478 e. The zero-order valence-electron chi connectivity index (χ0n) is 7.75. The Balaban J connectivity index is 4.32. The molecule has 0 aromatic carbocycles. The highest BCUT2D eigenvalue weighted by atomic mass is 19.4. The molecule has 0 rings (SSSR count). The summed E-state index contributed by atoms with van der Waals surface area (Å²) in [6.45, 7) is 1.20. The predicted octanol–water partition coefficient (Wildman–Crippen LogP) is 1.51. The van der Waals surface area contributed by atoms with Crippen molar-refractivity contribution in [3.63, 3.8) is 0 Å². The first kappa shape index (κ1) is 13.5. The van der Waals surface area contributed by atoms with Crippen LogP contribution in [0.25, 0.3) is 0 Å². The van der Waals surface area contributed by atoms with E-state index in [2.05, 4.69) is 4.74 Å². The van der Waals surface area contributed by atoms with Gasteiger partial charge in [-0.1, -0.05) is 6.92 Å². The van der Waals surface area contributed by atoms with Crippen molar-refractivity contribution in [3.05, 3.63) is 12.2 Å². The quantitative estimate of drug-likeness (QED) is 0.583. The number of alkyl halides is 3. The molecule has 15 heavy (non-hydrogen) atoms. The fourth-order valence-corrected chi connectivity index (χ4v) is 0.700. The molecule has 0 spiro atoms. The minimum Gasteiger partial charge on any atom is -0.478 e. The zero-order valence-corrected chi connectivity index (χ0v) is 7.75.